The minimum absolute atomic E-state index is 0.0715. The number of aryl methyl sites for hydroxylation is 2. The Morgan fingerprint density at radius 1 is 0.957 bits per heavy atom. The Kier molecular flexibility index (Phi) is 4.83. The van der Waals surface area contributed by atoms with Gasteiger partial charge in [-0.15, -0.1) is 5.10 Å². The van der Waals surface area contributed by atoms with Gasteiger partial charge in [0.1, 0.15) is 5.69 Å². The van der Waals surface area contributed by atoms with Gasteiger partial charge >= 0.3 is 0 Å². The number of rotatable bonds is 6. The van der Waals surface area contributed by atoms with Gasteiger partial charge in [0.05, 0.1) is 18.8 Å². The molecule has 0 aliphatic heterocycles. The van der Waals surface area contributed by atoms with Crippen LogP contribution in [0.25, 0.3) is 0 Å². The first-order chi connectivity index (χ1) is 11.3. The predicted molar refractivity (Wildman–Crippen MR) is 90.1 cm³/mol. The lowest BCUT2D eigenvalue weighted by Gasteiger charge is -2.10. The quantitative estimate of drug-likeness (QED) is 0.762. The van der Waals surface area contributed by atoms with Crippen LogP contribution in [0.2, 0.25) is 0 Å². The molecule has 0 aliphatic rings. The van der Waals surface area contributed by atoms with Crippen LogP contribution in [0.15, 0.2) is 54.6 Å². The molecular weight excluding hydrogens is 286 g/mol. The molecule has 2 aromatic carbocycles. The fourth-order valence-electron chi connectivity index (χ4n) is 2.75. The van der Waals surface area contributed by atoms with E-state index in [-0.39, 0.29) is 6.61 Å². The summed E-state index contributed by atoms with van der Waals surface area (Å²) in [6.07, 6.45) is 1.73. The van der Waals surface area contributed by atoms with Crippen molar-refractivity contribution < 1.29 is 5.11 Å². The van der Waals surface area contributed by atoms with E-state index in [0.717, 1.165) is 18.5 Å². The smallest absolute Gasteiger partial charge is 0.111 e. The van der Waals surface area contributed by atoms with Crippen molar-refractivity contribution in [3.05, 3.63) is 82.7 Å². The first-order valence-corrected chi connectivity index (χ1v) is 7.88. The topological polar surface area (TPSA) is 50.9 Å². The lowest BCUT2D eigenvalue weighted by atomic mass is 10.1. The molecule has 4 heteroatoms. The van der Waals surface area contributed by atoms with Crippen LogP contribution < -0.4 is 0 Å². The second kappa shape index (κ2) is 7.20. The number of aliphatic hydroxyl groups excluding tert-OH is 1. The number of aliphatic hydroxyl groups is 1. The van der Waals surface area contributed by atoms with E-state index in [0.29, 0.717) is 12.2 Å². The molecule has 118 valence electrons. The molecule has 0 bridgehead atoms. The van der Waals surface area contributed by atoms with Crippen LogP contribution in [0.1, 0.15) is 28.1 Å². The molecule has 1 aromatic heterocycles. The van der Waals surface area contributed by atoms with Crippen molar-refractivity contribution in [3.8, 4) is 0 Å². The fourth-order valence-corrected chi connectivity index (χ4v) is 2.75. The van der Waals surface area contributed by atoms with E-state index in [1.165, 1.54) is 16.7 Å². The maximum Gasteiger partial charge on any atom is 0.111 e. The van der Waals surface area contributed by atoms with E-state index < -0.39 is 0 Å². The third-order valence-electron chi connectivity index (χ3n) is 4.14. The van der Waals surface area contributed by atoms with Crippen LogP contribution in [-0.4, -0.2) is 20.1 Å². The zero-order valence-corrected chi connectivity index (χ0v) is 13.3. The van der Waals surface area contributed by atoms with E-state index >= 15 is 0 Å². The Balaban J connectivity index is 1.81. The zero-order valence-electron chi connectivity index (χ0n) is 13.3. The van der Waals surface area contributed by atoms with Crippen molar-refractivity contribution in [2.45, 2.75) is 32.9 Å². The molecule has 4 nitrogen and oxygen atoms in total. The lowest BCUT2D eigenvalue weighted by Crippen LogP contribution is -2.09. The largest absolute Gasteiger partial charge is 0.390 e. The highest BCUT2D eigenvalue weighted by atomic mass is 16.3. The summed E-state index contributed by atoms with van der Waals surface area (Å²) in [5, 5.41) is 17.9. The number of hydrogen-bond donors (Lipinski definition) is 1. The lowest BCUT2D eigenvalue weighted by molar-refractivity contribution is 0.275. The highest BCUT2D eigenvalue weighted by Crippen LogP contribution is 2.15. The van der Waals surface area contributed by atoms with Gasteiger partial charge in [-0.05, 0) is 36.5 Å². The predicted octanol–water partition coefficient (Wildman–Crippen LogP) is 2.91. The molecule has 3 aromatic rings. The van der Waals surface area contributed by atoms with Crippen LogP contribution in [0.4, 0.5) is 0 Å². The number of benzene rings is 2. The molecular formula is C19H21N3O. The minimum Gasteiger partial charge on any atom is -0.390 e. The Hall–Kier alpha value is -2.46. The van der Waals surface area contributed by atoms with Crippen molar-refractivity contribution in [1.29, 1.82) is 0 Å². The summed E-state index contributed by atoms with van der Waals surface area (Å²) >= 11 is 0. The minimum atomic E-state index is -0.0715. The van der Waals surface area contributed by atoms with Gasteiger partial charge in [-0.25, -0.2) is 4.68 Å². The van der Waals surface area contributed by atoms with Crippen LogP contribution in [0, 0.1) is 6.92 Å². The SMILES string of the molecule is Cc1ccccc1Cn1nnc(CO)c1CCc1ccccc1. The van der Waals surface area contributed by atoms with E-state index in [1.54, 1.807) is 0 Å². The van der Waals surface area contributed by atoms with Crippen LogP contribution in [-0.2, 0) is 26.0 Å². The molecule has 23 heavy (non-hydrogen) atoms. The first kappa shape index (κ1) is 15.4. The fraction of sp³-hybridized carbons (Fsp3) is 0.263. The monoisotopic (exact) mass is 307 g/mol. The molecule has 3 rings (SSSR count). The summed E-state index contributed by atoms with van der Waals surface area (Å²) < 4.78 is 1.91. The van der Waals surface area contributed by atoms with Gasteiger partial charge in [-0.1, -0.05) is 59.8 Å². The molecule has 0 saturated heterocycles. The van der Waals surface area contributed by atoms with Gasteiger partial charge in [0.15, 0.2) is 0 Å². The van der Waals surface area contributed by atoms with Crippen LogP contribution in [0.5, 0.6) is 0 Å². The Bertz CT molecular complexity index is 765. The summed E-state index contributed by atoms with van der Waals surface area (Å²) in [6.45, 7) is 2.71. The summed E-state index contributed by atoms with van der Waals surface area (Å²) in [5.41, 5.74) is 5.43. The van der Waals surface area contributed by atoms with Crippen molar-refractivity contribution in [2.24, 2.45) is 0 Å². The van der Waals surface area contributed by atoms with Gasteiger partial charge in [0.2, 0.25) is 0 Å². The van der Waals surface area contributed by atoms with E-state index in [1.807, 2.05) is 35.0 Å². The van der Waals surface area contributed by atoms with Gasteiger partial charge in [0.25, 0.3) is 0 Å². The Morgan fingerprint density at radius 2 is 1.70 bits per heavy atom. The Labute approximate surface area is 136 Å². The van der Waals surface area contributed by atoms with Gasteiger partial charge in [-0.3, -0.25) is 0 Å². The summed E-state index contributed by atoms with van der Waals surface area (Å²) in [4.78, 5) is 0. The molecule has 0 spiro atoms. The molecule has 0 radical (unpaired) electrons. The van der Waals surface area contributed by atoms with Crippen molar-refractivity contribution in [1.82, 2.24) is 15.0 Å². The van der Waals surface area contributed by atoms with Crippen LogP contribution in [0.3, 0.4) is 0 Å². The highest BCUT2D eigenvalue weighted by Gasteiger charge is 2.13. The van der Waals surface area contributed by atoms with E-state index in [4.69, 9.17) is 0 Å². The van der Waals surface area contributed by atoms with Crippen molar-refractivity contribution in [3.63, 3.8) is 0 Å². The van der Waals surface area contributed by atoms with Gasteiger partial charge < -0.3 is 5.11 Å². The van der Waals surface area contributed by atoms with E-state index in [9.17, 15) is 5.11 Å². The molecule has 0 fully saturated rings. The molecule has 1 N–H and O–H groups in total. The third-order valence-corrected chi connectivity index (χ3v) is 4.14. The molecule has 1 heterocycles. The normalized spacial score (nSPS) is 10.9. The number of aromatic nitrogens is 3. The summed E-state index contributed by atoms with van der Waals surface area (Å²) in [6, 6.07) is 18.6. The second-order valence-electron chi connectivity index (χ2n) is 5.71. The zero-order chi connectivity index (χ0) is 16.1. The summed E-state index contributed by atoms with van der Waals surface area (Å²) in [7, 11) is 0. The molecule has 0 aliphatic carbocycles. The van der Waals surface area contributed by atoms with Crippen molar-refractivity contribution in [2.75, 3.05) is 0 Å². The average Bonchev–Trinajstić information content (AvgIpc) is 2.98. The molecule has 0 saturated carbocycles. The van der Waals surface area contributed by atoms with Crippen LogP contribution >= 0.6 is 0 Å². The number of nitrogens with zero attached hydrogens (tertiary/aromatic N) is 3. The van der Waals surface area contributed by atoms with Gasteiger partial charge in [-0.2, -0.15) is 0 Å². The van der Waals surface area contributed by atoms with E-state index in [2.05, 4.69) is 41.5 Å². The first-order valence-electron chi connectivity index (χ1n) is 7.88. The standard InChI is InChI=1S/C19H21N3O/c1-15-7-5-6-10-17(15)13-22-19(18(14-23)20-21-22)12-11-16-8-3-2-4-9-16/h2-10,23H,11-14H2,1H3. The maximum atomic E-state index is 9.53. The Morgan fingerprint density at radius 3 is 2.43 bits per heavy atom. The van der Waals surface area contributed by atoms with Gasteiger partial charge in [0, 0.05) is 0 Å². The number of hydrogen-bond acceptors (Lipinski definition) is 3. The second-order valence-corrected chi connectivity index (χ2v) is 5.71. The highest BCUT2D eigenvalue weighted by molar-refractivity contribution is 5.26. The summed E-state index contributed by atoms with van der Waals surface area (Å²) in [5.74, 6) is 0. The molecule has 0 amide bonds. The van der Waals surface area contributed by atoms with Crippen molar-refractivity contribution >= 4 is 0 Å². The third kappa shape index (κ3) is 3.66. The molecule has 0 atom stereocenters. The molecule has 0 unspecified atom stereocenters. The maximum absolute atomic E-state index is 9.53. The average molecular weight is 307 g/mol.